The van der Waals surface area contributed by atoms with E-state index >= 15 is 0 Å². The Balaban J connectivity index is 0.000000236. The molecule has 2 nitrogen and oxygen atoms in total. The molecule has 0 aromatic rings. The molecule has 60 valence electrons. The van der Waals surface area contributed by atoms with E-state index < -0.39 is 5.92 Å². The molecule has 0 aliphatic carbocycles. The molecule has 10 heavy (non-hydrogen) atoms. The average molecular weight is 151 g/mol. The topological polar surface area (TPSA) is 29.1 Å². The van der Waals surface area contributed by atoms with Crippen LogP contribution in [0.15, 0.2) is 0 Å². The summed E-state index contributed by atoms with van der Waals surface area (Å²) in [6, 6.07) is 0. The summed E-state index contributed by atoms with van der Waals surface area (Å²) in [7, 11) is 0. The number of rotatable bonds is 0. The van der Waals surface area contributed by atoms with E-state index in [-0.39, 0.29) is 13.0 Å². The van der Waals surface area contributed by atoms with E-state index in [2.05, 4.69) is 5.32 Å². The Bertz CT molecular complexity index is 97.9. The number of aldehydes is 1. The summed E-state index contributed by atoms with van der Waals surface area (Å²) in [6.45, 7) is 1.78. The van der Waals surface area contributed by atoms with Gasteiger partial charge in [-0.3, -0.25) is 0 Å². The molecule has 0 aromatic carbocycles. The fourth-order valence-electron chi connectivity index (χ4n) is 0.631. The van der Waals surface area contributed by atoms with Crippen molar-refractivity contribution in [3.05, 3.63) is 0 Å². The quantitative estimate of drug-likeness (QED) is 0.519. The second-order valence-electron chi connectivity index (χ2n) is 2.02. The summed E-state index contributed by atoms with van der Waals surface area (Å²) in [4.78, 5) is 8.81. The van der Waals surface area contributed by atoms with E-state index in [1.54, 1.807) is 0 Å². The van der Waals surface area contributed by atoms with Crippen LogP contribution in [0.3, 0.4) is 0 Å². The molecule has 1 aliphatic heterocycles. The highest BCUT2D eigenvalue weighted by atomic mass is 19.3. The minimum Gasteiger partial charge on any atom is -0.311 e. The van der Waals surface area contributed by atoms with Crippen molar-refractivity contribution >= 4 is 6.29 Å². The fraction of sp³-hybridized carbons (Fsp3) is 0.833. The van der Waals surface area contributed by atoms with Gasteiger partial charge >= 0.3 is 0 Å². The molecule has 0 aromatic heterocycles. The van der Waals surface area contributed by atoms with Gasteiger partial charge in [0.2, 0.25) is 0 Å². The molecule has 0 spiro atoms. The van der Waals surface area contributed by atoms with E-state index in [0.29, 0.717) is 6.54 Å². The Morgan fingerprint density at radius 2 is 2.10 bits per heavy atom. The van der Waals surface area contributed by atoms with Gasteiger partial charge in [0, 0.05) is 13.0 Å². The molecule has 0 unspecified atom stereocenters. The number of nitrogens with one attached hydrogen (secondary N) is 1. The molecule has 1 fully saturated rings. The van der Waals surface area contributed by atoms with Crippen molar-refractivity contribution in [1.82, 2.24) is 5.32 Å². The zero-order chi connectivity index (χ0) is 8.04. The van der Waals surface area contributed by atoms with Gasteiger partial charge in [-0.25, -0.2) is 8.78 Å². The van der Waals surface area contributed by atoms with Gasteiger partial charge in [-0.15, -0.1) is 0 Å². The zero-order valence-corrected chi connectivity index (χ0v) is 5.86. The van der Waals surface area contributed by atoms with E-state index in [0.717, 1.165) is 6.29 Å². The largest absolute Gasteiger partial charge is 0.311 e. The van der Waals surface area contributed by atoms with Crippen LogP contribution in [0, 0.1) is 0 Å². The first-order valence-electron chi connectivity index (χ1n) is 3.11. The lowest BCUT2D eigenvalue weighted by atomic mass is 10.3. The van der Waals surface area contributed by atoms with Crippen molar-refractivity contribution in [2.75, 3.05) is 13.1 Å². The number of carbonyl (C=O) groups excluding carboxylic acids is 1. The number of hydrogen-bond donors (Lipinski definition) is 1. The summed E-state index contributed by atoms with van der Waals surface area (Å²) in [5.41, 5.74) is 0. The van der Waals surface area contributed by atoms with Crippen molar-refractivity contribution in [1.29, 1.82) is 0 Å². The minimum absolute atomic E-state index is 0.00694. The van der Waals surface area contributed by atoms with Crippen LogP contribution >= 0.6 is 0 Å². The van der Waals surface area contributed by atoms with Crippen molar-refractivity contribution in [2.45, 2.75) is 19.3 Å². The molecule has 0 saturated carbocycles. The van der Waals surface area contributed by atoms with Gasteiger partial charge in [0.15, 0.2) is 0 Å². The van der Waals surface area contributed by atoms with Crippen molar-refractivity contribution in [3.63, 3.8) is 0 Å². The van der Waals surface area contributed by atoms with Crippen LogP contribution in [0.1, 0.15) is 13.3 Å². The molecule has 0 radical (unpaired) electrons. The molecular weight excluding hydrogens is 140 g/mol. The maximum Gasteiger partial charge on any atom is 0.261 e. The summed E-state index contributed by atoms with van der Waals surface area (Å²) in [5, 5.41) is 2.56. The number of hydrogen-bond acceptors (Lipinski definition) is 2. The normalized spacial score (nSPS) is 21.1. The number of alkyl halides is 2. The summed E-state index contributed by atoms with van der Waals surface area (Å²) >= 11 is 0. The van der Waals surface area contributed by atoms with Gasteiger partial charge in [0.1, 0.15) is 6.29 Å². The maximum atomic E-state index is 11.9. The van der Waals surface area contributed by atoms with Crippen LogP contribution in [0.5, 0.6) is 0 Å². The first kappa shape index (κ1) is 9.49. The van der Waals surface area contributed by atoms with Crippen LogP contribution in [0.2, 0.25) is 0 Å². The maximum absolute atomic E-state index is 11.9. The highest BCUT2D eigenvalue weighted by Crippen LogP contribution is 2.19. The third kappa shape index (κ3) is 4.38. The first-order valence-corrected chi connectivity index (χ1v) is 3.11. The Hall–Kier alpha value is -0.510. The Labute approximate surface area is 58.6 Å². The second kappa shape index (κ2) is 4.33. The molecule has 4 heteroatoms. The van der Waals surface area contributed by atoms with Gasteiger partial charge in [-0.05, 0) is 6.92 Å². The highest BCUT2D eigenvalue weighted by Gasteiger charge is 2.32. The first-order chi connectivity index (χ1) is 4.62. The third-order valence-corrected chi connectivity index (χ3v) is 1.05. The van der Waals surface area contributed by atoms with Gasteiger partial charge in [-0.1, -0.05) is 0 Å². The predicted octanol–water partition coefficient (Wildman–Crippen LogP) is 0.820. The number of halogens is 2. The van der Waals surface area contributed by atoms with Crippen LogP contribution in [-0.4, -0.2) is 25.3 Å². The average Bonchev–Trinajstić information content (AvgIpc) is 2.16. The molecule has 1 N–H and O–H groups in total. The van der Waals surface area contributed by atoms with Gasteiger partial charge < -0.3 is 10.1 Å². The molecule has 1 heterocycles. The monoisotopic (exact) mass is 151 g/mol. The van der Waals surface area contributed by atoms with E-state index in [9.17, 15) is 8.78 Å². The van der Waals surface area contributed by atoms with E-state index in [1.165, 1.54) is 6.92 Å². The molecule has 0 amide bonds. The van der Waals surface area contributed by atoms with Gasteiger partial charge in [0.05, 0.1) is 6.54 Å². The molecule has 0 atom stereocenters. The summed E-state index contributed by atoms with van der Waals surface area (Å²) in [6.07, 6.45) is 0.757. The minimum atomic E-state index is -2.42. The SMILES string of the molecule is CC=O.FC1(F)CCNC1. The second-order valence-corrected chi connectivity index (χ2v) is 2.02. The van der Waals surface area contributed by atoms with Gasteiger partial charge in [-0.2, -0.15) is 0 Å². The number of carbonyl (C=O) groups is 1. The van der Waals surface area contributed by atoms with Crippen molar-refractivity contribution < 1.29 is 13.6 Å². The highest BCUT2D eigenvalue weighted by molar-refractivity contribution is 5.44. The lowest BCUT2D eigenvalue weighted by Crippen LogP contribution is -2.18. The predicted molar refractivity (Wildman–Crippen MR) is 34.2 cm³/mol. The molecule has 1 rings (SSSR count). The van der Waals surface area contributed by atoms with E-state index in [1.807, 2.05) is 0 Å². The van der Waals surface area contributed by atoms with Crippen LogP contribution in [0.4, 0.5) is 8.78 Å². The van der Waals surface area contributed by atoms with Crippen LogP contribution in [-0.2, 0) is 4.79 Å². The standard InChI is InChI=1S/C4H7F2N.C2H4O/c5-4(6)1-2-7-3-4;1-2-3/h7H,1-3H2;2H,1H3. The van der Waals surface area contributed by atoms with Gasteiger partial charge in [0.25, 0.3) is 5.92 Å². The molecule has 0 bridgehead atoms. The Morgan fingerprint density at radius 1 is 1.60 bits per heavy atom. The molecular formula is C6H11F2NO. The fourth-order valence-corrected chi connectivity index (χ4v) is 0.631. The zero-order valence-electron chi connectivity index (χ0n) is 5.86. The Kier molecular flexibility index (Phi) is 4.11. The van der Waals surface area contributed by atoms with Crippen LogP contribution < -0.4 is 5.32 Å². The smallest absolute Gasteiger partial charge is 0.261 e. The third-order valence-electron chi connectivity index (χ3n) is 1.05. The lowest BCUT2D eigenvalue weighted by Gasteiger charge is -2.02. The molecule has 1 saturated heterocycles. The Morgan fingerprint density at radius 3 is 2.20 bits per heavy atom. The van der Waals surface area contributed by atoms with Crippen LogP contribution in [0.25, 0.3) is 0 Å². The molecule has 1 aliphatic rings. The summed E-state index contributed by atoms with van der Waals surface area (Å²) in [5.74, 6) is -2.42. The van der Waals surface area contributed by atoms with E-state index in [4.69, 9.17) is 4.79 Å². The summed E-state index contributed by atoms with van der Waals surface area (Å²) < 4.78 is 23.8. The van der Waals surface area contributed by atoms with Crippen molar-refractivity contribution in [3.8, 4) is 0 Å². The van der Waals surface area contributed by atoms with Crippen molar-refractivity contribution in [2.24, 2.45) is 0 Å². The lowest BCUT2D eigenvalue weighted by molar-refractivity contribution is -0.106.